The van der Waals surface area contributed by atoms with Crippen molar-refractivity contribution in [3.05, 3.63) is 74.4 Å². The Morgan fingerprint density at radius 2 is 1.72 bits per heavy atom. The highest BCUT2D eigenvalue weighted by molar-refractivity contribution is 6.30. The second-order valence-corrected chi connectivity index (χ2v) is 8.53. The molecular weight excluding hydrogens is 428 g/mol. The number of nitrogens with zero attached hydrogens (tertiary/aromatic N) is 3. The average Bonchev–Trinajstić information content (AvgIpc) is 2.80. The van der Waals surface area contributed by atoms with Crippen LogP contribution in [-0.2, 0) is 11.3 Å². The van der Waals surface area contributed by atoms with E-state index in [0.717, 1.165) is 31.6 Å². The van der Waals surface area contributed by atoms with E-state index in [-0.39, 0.29) is 17.2 Å². The fourth-order valence-electron chi connectivity index (χ4n) is 4.17. The third-order valence-corrected chi connectivity index (χ3v) is 6.20. The van der Waals surface area contributed by atoms with Crippen molar-refractivity contribution in [2.75, 3.05) is 31.1 Å². The van der Waals surface area contributed by atoms with Gasteiger partial charge in [0.1, 0.15) is 0 Å². The Bertz CT molecular complexity index is 1210. The molecule has 7 nitrogen and oxygen atoms in total. The largest absolute Gasteiger partial charge is 0.368 e. The van der Waals surface area contributed by atoms with Crippen molar-refractivity contribution >= 4 is 34.1 Å². The van der Waals surface area contributed by atoms with Gasteiger partial charge >= 0.3 is 5.69 Å². The number of unbranched alkanes of at least 4 members (excludes halogenated alkanes) is 2. The van der Waals surface area contributed by atoms with Crippen LogP contribution in [-0.4, -0.2) is 46.5 Å². The van der Waals surface area contributed by atoms with Gasteiger partial charge in [0.15, 0.2) is 0 Å². The maximum absolute atomic E-state index is 12.6. The molecular formula is C24H27ClN4O3. The molecule has 1 fully saturated rings. The van der Waals surface area contributed by atoms with Gasteiger partial charge in [-0.2, -0.15) is 0 Å². The first-order valence-corrected chi connectivity index (χ1v) is 11.4. The SMILES string of the molecule is O=C(CCCCCn1c(=O)[nH]c2ccccc2c1=O)N1CCN(c2cccc(Cl)c2)CC1. The number of aromatic amines is 1. The fraction of sp³-hybridized carbons (Fsp3) is 0.375. The number of halogens is 1. The summed E-state index contributed by atoms with van der Waals surface area (Å²) < 4.78 is 1.25. The van der Waals surface area contributed by atoms with Gasteiger partial charge in [0.25, 0.3) is 5.56 Å². The van der Waals surface area contributed by atoms with E-state index in [4.69, 9.17) is 11.6 Å². The number of nitrogens with one attached hydrogen (secondary N) is 1. The van der Waals surface area contributed by atoms with Crippen molar-refractivity contribution < 1.29 is 4.79 Å². The molecule has 2 heterocycles. The molecule has 3 aromatic rings. The number of amides is 1. The molecule has 4 rings (SSSR count). The van der Waals surface area contributed by atoms with Crippen LogP contribution >= 0.6 is 11.6 Å². The molecule has 0 spiro atoms. The van der Waals surface area contributed by atoms with E-state index in [2.05, 4.69) is 9.88 Å². The van der Waals surface area contributed by atoms with Crippen LogP contribution in [0.3, 0.4) is 0 Å². The van der Waals surface area contributed by atoms with Gasteiger partial charge < -0.3 is 14.8 Å². The molecule has 1 N–H and O–H groups in total. The van der Waals surface area contributed by atoms with Crippen LogP contribution in [0.15, 0.2) is 58.1 Å². The van der Waals surface area contributed by atoms with Gasteiger partial charge in [-0.25, -0.2) is 4.79 Å². The number of hydrogen-bond donors (Lipinski definition) is 1. The quantitative estimate of drug-likeness (QED) is 0.556. The molecule has 1 aliphatic rings. The molecule has 0 unspecified atom stereocenters. The molecule has 32 heavy (non-hydrogen) atoms. The Hall–Kier alpha value is -3.06. The smallest absolute Gasteiger partial charge is 0.328 e. The van der Waals surface area contributed by atoms with Crippen molar-refractivity contribution in [3.63, 3.8) is 0 Å². The normalized spacial score (nSPS) is 14.2. The predicted molar refractivity (Wildman–Crippen MR) is 128 cm³/mol. The minimum Gasteiger partial charge on any atom is -0.368 e. The number of carbonyl (C=O) groups excluding carboxylic acids is 1. The molecule has 2 aromatic carbocycles. The zero-order chi connectivity index (χ0) is 22.5. The van der Waals surface area contributed by atoms with Crippen LogP contribution in [0.25, 0.3) is 10.9 Å². The van der Waals surface area contributed by atoms with Crippen molar-refractivity contribution in [2.45, 2.75) is 32.2 Å². The van der Waals surface area contributed by atoms with Crippen LogP contribution in [0.5, 0.6) is 0 Å². The second kappa shape index (κ2) is 10.0. The van der Waals surface area contributed by atoms with Crippen LogP contribution in [0, 0.1) is 0 Å². The predicted octanol–water partition coefficient (Wildman–Crippen LogP) is 3.25. The first-order chi connectivity index (χ1) is 15.5. The molecule has 1 aliphatic heterocycles. The Kier molecular flexibility index (Phi) is 6.95. The first kappa shape index (κ1) is 22.1. The number of hydrogen-bond acceptors (Lipinski definition) is 4. The molecule has 1 saturated heterocycles. The van der Waals surface area contributed by atoms with Crippen molar-refractivity contribution in [1.29, 1.82) is 0 Å². The number of para-hydroxylation sites is 1. The number of H-pyrrole nitrogens is 1. The van der Waals surface area contributed by atoms with Crippen molar-refractivity contribution in [1.82, 2.24) is 14.5 Å². The molecule has 0 bridgehead atoms. The minimum atomic E-state index is -0.387. The zero-order valence-electron chi connectivity index (χ0n) is 17.9. The fourth-order valence-corrected chi connectivity index (χ4v) is 4.35. The van der Waals surface area contributed by atoms with Gasteiger partial charge in [-0.1, -0.05) is 36.2 Å². The summed E-state index contributed by atoms with van der Waals surface area (Å²) in [5.74, 6) is 0.163. The maximum atomic E-state index is 12.6. The van der Waals surface area contributed by atoms with E-state index in [9.17, 15) is 14.4 Å². The Morgan fingerprint density at radius 1 is 0.938 bits per heavy atom. The lowest BCUT2D eigenvalue weighted by molar-refractivity contribution is -0.131. The van der Waals surface area contributed by atoms with Gasteiger partial charge in [-0.3, -0.25) is 14.2 Å². The monoisotopic (exact) mass is 454 g/mol. The first-order valence-electron chi connectivity index (χ1n) is 11.0. The summed E-state index contributed by atoms with van der Waals surface area (Å²) in [7, 11) is 0. The Balaban J connectivity index is 1.21. The lowest BCUT2D eigenvalue weighted by Gasteiger charge is -2.36. The number of anilines is 1. The molecule has 0 saturated carbocycles. The summed E-state index contributed by atoms with van der Waals surface area (Å²) in [6, 6.07) is 14.8. The van der Waals surface area contributed by atoms with E-state index < -0.39 is 0 Å². The molecule has 0 radical (unpaired) electrons. The zero-order valence-corrected chi connectivity index (χ0v) is 18.7. The minimum absolute atomic E-state index is 0.163. The summed E-state index contributed by atoms with van der Waals surface area (Å²) in [6.07, 6.45) is 2.69. The standard InChI is InChI=1S/C24H27ClN4O3/c25-18-7-6-8-19(17-18)27-13-15-28(16-14-27)22(30)11-2-1-5-12-29-23(31)20-9-3-4-10-21(20)26-24(29)32/h3-4,6-10,17H,1-2,5,11-16H2,(H,26,32). The maximum Gasteiger partial charge on any atom is 0.328 e. The molecule has 1 amide bonds. The lowest BCUT2D eigenvalue weighted by Crippen LogP contribution is -2.48. The van der Waals surface area contributed by atoms with E-state index in [1.54, 1.807) is 24.3 Å². The Labute approximate surface area is 191 Å². The van der Waals surface area contributed by atoms with E-state index in [1.807, 2.05) is 29.2 Å². The lowest BCUT2D eigenvalue weighted by atomic mass is 10.1. The van der Waals surface area contributed by atoms with Gasteiger partial charge in [0, 0.05) is 49.9 Å². The van der Waals surface area contributed by atoms with Gasteiger partial charge in [-0.05, 0) is 43.2 Å². The van der Waals surface area contributed by atoms with Crippen LogP contribution < -0.4 is 16.1 Å². The number of aromatic nitrogens is 2. The number of fused-ring (bicyclic) bond motifs is 1. The van der Waals surface area contributed by atoms with E-state index >= 15 is 0 Å². The van der Waals surface area contributed by atoms with Crippen molar-refractivity contribution in [3.8, 4) is 0 Å². The average molecular weight is 455 g/mol. The van der Waals surface area contributed by atoms with Crippen LogP contribution in [0.4, 0.5) is 5.69 Å². The van der Waals surface area contributed by atoms with E-state index in [1.165, 1.54) is 4.57 Å². The van der Waals surface area contributed by atoms with E-state index in [0.29, 0.717) is 48.4 Å². The Morgan fingerprint density at radius 3 is 2.50 bits per heavy atom. The summed E-state index contributed by atoms with van der Waals surface area (Å²) >= 11 is 6.08. The van der Waals surface area contributed by atoms with Crippen LogP contribution in [0.2, 0.25) is 5.02 Å². The van der Waals surface area contributed by atoms with Gasteiger partial charge in [0.2, 0.25) is 5.91 Å². The van der Waals surface area contributed by atoms with Gasteiger partial charge in [-0.15, -0.1) is 0 Å². The van der Waals surface area contributed by atoms with Crippen molar-refractivity contribution in [2.24, 2.45) is 0 Å². The number of carbonyl (C=O) groups is 1. The topological polar surface area (TPSA) is 78.4 Å². The third kappa shape index (κ3) is 5.05. The molecule has 0 aliphatic carbocycles. The molecule has 0 atom stereocenters. The second-order valence-electron chi connectivity index (χ2n) is 8.09. The summed E-state index contributed by atoms with van der Waals surface area (Å²) in [5.41, 5.74) is 0.990. The van der Waals surface area contributed by atoms with Gasteiger partial charge in [0.05, 0.1) is 10.9 Å². The summed E-state index contributed by atoms with van der Waals surface area (Å²) in [5, 5.41) is 1.23. The highest BCUT2D eigenvalue weighted by Gasteiger charge is 2.21. The molecule has 1 aromatic heterocycles. The molecule has 8 heteroatoms. The number of piperazine rings is 1. The third-order valence-electron chi connectivity index (χ3n) is 5.97. The van der Waals surface area contributed by atoms with Crippen LogP contribution in [0.1, 0.15) is 25.7 Å². The number of rotatable bonds is 7. The number of benzene rings is 2. The summed E-state index contributed by atoms with van der Waals surface area (Å²) in [6.45, 7) is 3.34. The highest BCUT2D eigenvalue weighted by atomic mass is 35.5. The molecule has 168 valence electrons. The highest BCUT2D eigenvalue weighted by Crippen LogP contribution is 2.21. The summed E-state index contributed by atoms with van der Waals surface area (Å²) in [4.78, 5) is 44.2.